The highest BCUT2D eigenvalue weighted by Crippen LogP contribution is 2.31. The molecule has 1 atom stereocenters. The highest BCUT2D eigenvalue weighted by Gasteiger charge is 2.17. The van der Waals surface area contributed by atoms with Gasteiger partial charge in [-0.1, -0.05) is 55.6 Å². The first-order valence-electron chi connectivity index (χ1n) is 5.87. The number of nitrogens with one attached hydrogen (secondary N) is 1. The molecule has 3 N–H and O–H groups in total. The van der Waals surface area contributed by atoms with Crippen LogP contribution in [-0.2, 0) is 6.42 Å². The number of nitrogens with two attached hydrogens (primary N) is 1. The zero-order chi connectivity index (χ0) is 14.7. The maximum atomic E-state index is 13.5. The van der Waals surface area contributed by atoms with Crippen LogP contribution in [-0.4, -0.2) is 0 Å². The van der Waals surface area contributed by atoms with Crippen LogP contribution in [0.1, 0.15) is 17.2 Å². The molecule has 0 radical (unpaired) electrons. The Labute approximate surface area is 138 Å². The summed E-state index contributed by atoms with van der Waals surface area (Å²) in [5, 5.41) is 0.138. The minimum absolute atomic E-state index is 0.138. The lowest BCUT2D eigenvalue weighted by Crippen LogP contribution is -2.30. The third-order valence-corrected chi connectivity index (χ3v) is 4.63. The Bertz CT molecular complexity index is 622. The number of halogens is 4. The van der Waals surface area contributed by atoms with Crippen LogP contribution in [0, 0.1) is 5.82 Å². The van der Waals surface area contributed by atoms with E-state index in [0.29, 0.717) is 12.0 Å². The van der Waals surface area contributed by atoms with Crippen LogP contribution in [0.25, 0.3) is 0 Å². The van der Waals surface area contributed by atoms with Crippen LogP contribution >= 0.6 is 43.5 Å². The van der Waals surface area contributed by atoms with Gasteiger partial charge in [0.25, 0.3) is 0 Å². The van der Waals surface area contributed by atoms with Crippen LogP contribution < -0.4 is 11.3 Å². The molecule has 0 aliphatic heterocycles. The van der Waals surface area contributed by atoms with Gasteiger partial charge in [-0.15, -0.1) is 0 Å². The van der Waals surface area contributed by atoms with Gasteiger partial charge in [0.1, 0.15) is 5.82 Å². The van der Waals surface area contributed by atoms with Gasteiger partial charge in [0.15, 0.2) is 0 Å². The van der Waals surface area contributed by atoms with Crippen molar-refractivity contribution in [1.29, 1.82) is 0 Å². The Morgan fingerprint density at radius 2 is 2.00 bits per heavy atom. The van der Waals surface area contributed by atoms with Crippen molar-refractivity contribution in [2.75, 3.05) is 0 Å². The summed E-state index contributed by atoms with van der Waals surface area (Å²) in [6, 6.07) is 10.4. The molecule has 0 bridgehead atoms. The maximum Gasteiger partial charge on any atom is 0.142 e. The molecular weight excluding hydrogens is 410 g/mol. The SMILES string of the molecule is NNC(Cc1cccc(F)c1Cl)c1cc(Br)ccc1Br. The second-order valence-corrected chi connectivity index (χ2v) is 6.45. The number of hydrazine groups is 1. The molecule has 0 amide bonds. The van der Waals surface area contributed by atoms with E-state index < -0.39 is 5.82 Å². The van der Waals surface area contributed by atoms with Crippen molar-refractivity contribution < 1.29 is 4.39 Å². The summed E-state index contributed by atoms with van der Waals surface area (Å²) in [4.78, 5) is 0. The van der Waals surface area contributed by atoms with Gasteiger partial charge in [0, 0.05) is 8.95 Å². The average molecular weight is 423 g/mol. The van der Waals surface area contributed by atoms with Crippen molar-refractivity contribution in [3.05, 3.63) is 67.3 Å². The zero-order valence-electron chi connectivity index (χ0n) is 10.3. The lowest BCUT2D eigenvalue weighted by Gasteiger charge is -2.19. The lowest BCUT2D eigenvalue weighted by atomic mass is 9.99. The molecular formula is C14H12Br2ClFN2. The highest BCUT2D eigenvalue weighted by atomic mass is 79.9. The molecule has 0 aliphatic carbocycles. The Morgan fingerprint density at radius 1 is 1.25 bits per heavy atom. The summed E-state index contributed by atoms with van der Waals surface area (Å²) in [6.07, 6.45) is 0.488. The zero-order valence-corrected chi connectivity index (χ0v) is 14.3. The van der Waals surface area contributed by atoms with Gasteiger partial charge in [-0.2, -0.15) is 0 Å². The molecule has 0 fully saturated rings. The van der Waals surface area contributed by atoms with E-state index in [1.54, 1.807) is 12.1 Å². The van der Waals surface area contributed by atoms with Crippen LogP contribution in [0.3, 0.4) is 0 Å². The monoisotopic (exact) mass is 420 g/mol. The Morgan fingerprint density at radius 3 is 2.70 bits per heavy atom. The summed E-state index contributed by atoms with van der Waals surface area (Å²) in [5.74, 6) is 5.21. The standard InChI is InChI=1S/C14H12Br2ClFN2/c15-9-4-5-11(16)10(7-9)13(20-19)6-8-2-1-3-12(18)14(8)17/h1-5,7,13,20H,6,19H2. The number of benzene rings is 2. The molecule has 2 aromatic rings. The summed E-state index contributed by atoms with van der Waals surface area (Å²) in [7, 11) is 0. The Kier molecular flexibility index (Phi) is 5.57. The largest absolute Gasteiger partial charge is 0.271 e. The molecule has 106 valence electrons. The average Bonchev–Trinajstić information content (AvgIpc) is 2.43. The quantitative estimate of drug-likeness (QED) is 0.551. The fraction of sp³-hybridized carbons (Fsp3) is 0.143. The van der Waals surface area contributed by atoms with Crippen molar-refractivity contribution in [2.24, 2.45) is 5.84 Å². The van der Waals surface area contributed by atoms with Crippen molar-refractivity contribution in [1.82, 2.24) is 5.43 Å². The van der Waals surface area contributed by atoms with E-state index in [4.69, 9.17) is 17.4 Å². The van der Waals surface area contributed by atoms with E-state index >= 15 is 0 Å². The van der Waals surface area contributed by atoms with Crippen molar-refractivity contribution >= 4 is 43.5 Å². The second-order valence-electron chi connectivity index (χ2n) is 4.30. The maximum absolute atomic E-state index is 13.5. The molecule has 2 nitrogen and oxygen atoms in total. The molecule has 2 aromatic carbocycles. The number of rotatable bonds is 4. The molecule has 0 saturated carbocycles. The lowest BCUT2D eigenvalue weighted by molar-refractivity contribution is 0.546. The van der Waals surface area contributed by atoms with E-state index in [1.807, 2.05) is 18.2 Å². The Balaban J connectivity index is 2.34. The Hall–Kier alpha value is -0.460. The van der Waals surface area contributed by atoms with Gasteiger partial charge >= 0.3 is 0 Å². The third kappa shape index (κ3) is 3.59. The van der Waals surface area contributed by atoms with Crippen molar-refractivity contribution in [2.45, 2.75) is 12.5 Å². The van der Waals surface area contributed by atoms with Crippen LogP contribution in [0.2, 0.25) is 5.02 Å². The summed E-state index contributed by atoms with van der Waals surface area (Å²) in [5.41, 5.74) is 4.43. The van der Waals surface area contributed by atoms with Gasteiger partial charge < -0.3 is 0 Å². The van der Waals surface area contributed by atoms with E-state index in [2.05, 4.69) is 37.3 Å². The van der Waals surface area contributed by atoms with E-state index in [9.17, 15) is 4.39 Å². The molecule has 2 rings (SSSR count). The molecule has 1 unspecified atom stereocenters. The first-order chi connectivity index (χ1) is 9.52. The summed E-state index contributed by atoms with van der Waals surface area (Å²) in [6.45, 7) is 0. The number of hydrogen-bond donors (Lipinski definition) is 2. The van der Waals surface area contributed by atoms with Gasteiger partial charge in [-0.25, -0.2) is 4.39 Å². The first-order valence-corrected chi connectivity index (χ1v) is 7.83. The molecule has 0 spiro atoms. The van der Waals surface area contributed by atoms with Crippen molar-refractivity contribution in [3.63, 3.8) is 0 Å². The van der Waals surface area contributed by atoms with Crippen LogP contribution in [0.15, 0.2) is 45.3 Å². The minimum atomic E-state index is -0.423. The van der Waals surface area contributed by atoms with Gasteiger partial charge in [0.05, 0.1) is 11.1 Å². The smallest absolute Gasteiger partial charge is 0.142 e. The van der Waals surface area contributed by atoms with Crippen LogP contribution in [0.4, 0.5) is 4.39 Å². The summed E-state index contributed by atoms with van der Waals surface area (Å²) >= 11 is 12.9. The van der Waals surface area contributed by atoms with Gasteiger partial charge in [-0.3, -0.25) is 11.3 Å². The van der Waals surface area contributed by atoms with E-state index in [-0.39, 0.29) is 11.1 Å². The van der Waals surface area contributed by atoms with Gasteiger partial charge in [-0.05, 0) is 41.8 Å². The molecule has 0 heterocycles. The summed E-state index contributed by atoms with van der Waals surface area (Å²) < 4.78 is 15.4. The predicted molar refractivity (Wildman–Crippen MR) is 87.0 cm³/mol. The molecule has 0 aromatic heterocycles. The fourth-order valence-electron chi connectivity index (χ4n) is 1.97. The van der Waals surface area contributed by atoms with Crippen LogP contribution in [0.5, 0.6) is 0 Å². The normalized spacial score (nSPS) is 12.4. The fourth-order valence-corrected chi connectivity index (χ4v) is 3.07. The highest BCUT2D eigenvalue weighted by molar-refractivity contribution is 9.11. The topological polar surface area (TPSA) is 38.0 Å². The molecule has 20 heavy (non-hydrogen) atoms. The molecule has 0 saturated heterocycles. The predicted octanol–water partition coefficient (Wildman–Crippen LogP) is 4.75. The van der Waals surface area contributed by atoms with Crippen molar-refractivity contribution in [3.8, 4) is 0 Å². The van der Waals surface area contributed by atoms with E-state index in [1.165, 1.54) is 6.07 Å². The van der Waals surface area contributed by atoms with Gasteiger partial charge in [0.2, 0.25) is 0 Å². The minimum Gasteiger partial charge on any atom is -0.271 e. The second kappa shape index (κ2) is 7.00. The number of hydrogen-bond acceptors (Lipinski definition) is 2. The first kappa shape index (κ1) is 15.9. The molecule has 6 heteroatoms. The van der Waals surface area contributed by atoms with E-state index in [0.717, 1.165) is 14.5 Å². The third-order valence-electron chi connectivity index (χ3n) is 2.99. The molecule has 0 aliphatic rings.